The third kappa shape index (κ3) is 9.30. The maximum absolute atomic E-state index is 11.3. The van der Waals surface area contributed by atoms with Crippen LogP contribution in [0.3, 0.4) is 0 Å². The van der Waals surface area contributed by atoms with Crippen LogP contribution in [0.15, 0.2) is 0 Å². The van der Waals surface area contributed by atoms with E-state index in [1.54, 1.807) is 0 Å². The first-order valence-corrected chi connectivity index (χ1v) is 5.52. The molecule has 0 rings (SSSR count). The maximum Gasteiger partial charge on any atom is 0.314 e. The van der Waals surface area contributed by atoms with E-state index in [2.05, 4.69) is 10.6 Å². The Morgan fingerprint density at radius 3 is 2.31 bits per heavy atom. The highest BCUT2D eigenvalue weighted by Crippen LogP contribution is 2.18. The zero-order chi connectivity index (χ0) is 12.6. The summed E-state index contributed by atoms with van der Waals surface area (Å²) >= 11 is 0. The lowest BCUT2D eigenvalue weighted by Gasteiger charge is -2.16. The molecule has 0 aromatic rings. The number of nitrogens with one attached hydrogen (secondary N) is 2. The van der Waals surface area contributed by atoms with Crippen molar-refractivity contribution >= 4 is 12.0 Å². The normalized spacial score (nSPS) is 10.8. The van der Waals surface area contributed by atoms with E-state index in [0.717, 1.165) is 0 Å². The second-order valence-electron chi connectivity index (χ2n) is 4.74. The molecule has 2 N–H and O–H groups in total. The largest absolute Gasteiger partial charge is 0.464 e. The van der Waals surface area contributed by atoms with Crippen molar-refractivity contribution in [2.24, 2.45) is 5.41 Å². The Morgan fingerprint density at radius 1 is 1.19 bits per heavy atom. The van der Waals surface area contributed by atoms with Crippen molar-refractivity contribution in [1.29, 1.82) is 0 Å². The number of carbonyl (C=O) groups is 2. The first kappa shape index (κ1) is 14.7. The molecule has 5 nitrogen and oxygen atoms in total. The van der Waals surface area contributed by atoms with E-state index in [1.165, 1.54) is 0 Å². The van der Waals surface area contributed by atoms with Crippen LogP contribution in [0, 0.1) is 5.41 Å². The van der Waals surface area contributed by atoms with Gasteiger partial charge in [0.25, 0.3) is 0 Å². The maximum atomic E-state index is 11.3. The van der Waals surface area contributed by atoms with Crippen molar-refractivity contribution in [2.75, 3.05) is 19.7 Å². The number of urea groups is 1. The summed E-state index contributed by atoms with van der Waals surface area (Å²) in [5, 5.41) is 5.16. The minimum atomic E-state index is -0.241. The zero-order valence-electron chi connectivity index (χ0n) is 10.6. The molecule has 0 radical (unpaired) electrons. The van der Waals surface area contributed by atoms with Gasteiger partial charge in [-0.15, -0.1) is 0 Å². The van der Waals surface area contributed by atoms with Gasteiger partial charge < -0.3 is 15.4 Å². The number of amides is 2. The minimum absolute atomic E-state index is 0.0654. The molecule has 0 fully saturated rings. The molecule has 0 atom stereocenters. The van der Waals surface area contributed by atoms with Gasteiger partial charge in [0.1, 0.15) is 6.61 Å². The lowest BCUT2D eigenvalue weighted by atomic mass is 9.93. The molecular formula is C11H22N2O3. The van der Waals surface area contributed by atoms with Crippen LogP contribution in [0.5, 0.6) is 0 Å². The van der Waals surface area contributed by atoms with Crippen molar-refractivity contribution in [1.82, 2.24) is 10.6 Å². The van der Waals surface area contributed by atoms with E-state index < -0.39 is 0 Å². The van der Waals surface area contributed by atoms with Gasteiger partial charge in [-0.05, 0) is 12.3 Å². The molecule has 0 heterocycles. The van der Waals surface area contributed by atoms with E-state index in [4.69, 9.17) is 4.74 Å². The summed E-state index contributed by atoms with van der Waals surface area (Å²) in [4.78, 5) is 22.2. The van der Waals surface area contributed by atoms with E-state index in [0.29, 0.717) is 19.5 Å². The van der Waals surface area contributed by atoms with Crippen molar-refractivity contribution in [3.8, 4) is 0 Å². The van der Waals surface area contributed by atoms with E-state index in [9.17, 15) is 9.59 Å². The molecule has 0 saturated heterocycles. The zero-order valence-corrected chi connectivity index (χ0v) is 10.6. The van der Waals surface area contributed by atoms with Crippen LogP contribution in [0.25, 0.3) is 0 Å². The lowest BCUT2D eigenvalue weighted by Crippen LogP contribution is -2.37. The van der Waals surface area contributed by atoms with Crippen molar-refractivity contribution in [3.05, 3.63) is 0 Å². The third-order valence-corrected chi connectivity index (χ3v) is 1.66. The summed E-state index contributed by atoms with van der Waals surface area (Å²) in [6, 6.07) is -0.241. The molecule has 0 aromatic heterocycles. The molecule has 0 aliphatic heterocycles. The summed E-state index contributed by atoms with van der Waals surface area (Å²) in [6.45, 7) is 8.88. The topological polar surface area (TPSA) is 67.4 Å². The van der Waals surface area contributed by atoms with E-state index >= 15 is 0 Å². The highest BCUT2D eigenvalue weighted by molar-refractivity contribution is 5.73. The predicted octanol–water partition coefficient (Wildman–Crippen LogP) is 1.28. The smallest absolute Gasteiger partial charge is 0.314 e. The number of esters is 1. The summed E-state index contributed by atoms with van der Waals surface area (Å²) in [6.07, 6.45) is 0.383. The monoisotopic (exact) mass is 230 g/mol. The Labute approximate surface area is 96.9 Å². The number of rotatable bonds is 5. The van der Waals surface area contributed by atoms with Gasteiger partial charge in [-0.1, -0.05) is 20.8 Å². The van der Waals surface area contributed by atoms with Crippen molar-refractivity contribution in [3.63, 3.8) is 0 Å². The molecule has 0 spiro atoms. The number of hydrogen-bond acceptors (Lipinski definition) is 3. The second-order valence-corrected chi connectivity index (χ2v) is 4.74. The molecule has 0 aliphatic rings. The van der Waals surface area contributed by atoms with Gasteiger partial charge in [-0.3, -0.25) is 4.79 Å². The first-order valence-electron chi connectivity index (χ1n) is 5.52. The Kier molecular flexibility index (Phi) is 6.53. The van der Waals surface area contributed by atoms with E-state index in [-0.39, 0.29) is 24.0 Å². The Morgan fingerprint density at radius 2 is 1.81 bits per heavy atom. The summed E-state index contributed by atoms with van der Waals surface area (Å²) in [7, 11) is 0. The Balaban J connectivity index is 3.52. The average Bonchev–Trinajstić information content (AvgIpc) is 2.10. The van der Waals surface area contributed by atoms with Crippen LogP contribution >= 0.6 is 0 Å². The van der Waals surface area contributed by atoms with Gasteiger partial charge >= 0.3 is 12.0 Å². The lowest BCUT2D eigenvalue weighted by molar-refractivity contribution is -0.145. The van der Waals surface area contributed by atoms with Gasteiger partial charge in [0.15, 0.2) is 0 Å². The van der Waals surface area contributed by atoms with Crippen LogP contribution < -0.4 is 10.6 Å². The summed E-state index contributed by atoms with van der Waals surface area (Å²) < 4.78 is 4.97. The SMILES string of the molecule is CCNC(=O)NCCOC(=O)CC(C)(C)C. The standard InChI is InChI=1S/C11H22N2O3/c1-5-12-10(15)13-6-7-16-9(14)8-11(2,3)4/h5-8H2,1-4H3,(H2,12,13,15). The molecule has 2 amide bonds. The molecule has 0 unspecified atom stereocenters. The van der Waals surface area contributed by atoms with Crippen LogP contribution in [0.4, 0.5) is 4.79 Å². The molecule has 0 aromatic carbocycles. The van der Waals surface area contributed by atoms with Gasteiger partial charge in [0.05, 0.1) is 13.0 Å². The quantitative estimate of drug-likeness (QED) is 0.552. The number of hydrogen-bond donors (Lipinski definition) is 2. The molecular weight excluding hydrogens is 208 g/mol. The average molecular weight is 230 g/mol. The Bertz CT molecular complexity index is 234. The molecule has 5 heteroatoms. The van der Waals surface area contributed by atoms with Crippen LogP contribution in [-0.2, 0) is 9.53 Å². The minimum Gasteiger partial charge on any atom is -0.464 e. The summed E-state index contributed by atoms with van der Waals surface area (Å²) in [5.74, 6) is -0.231. The van der Waals surface area contributed by atoms with Gasteiger partial charge in [0.2, 0.25) is 0 Å². The fraction of sp³-hybridized carbons (Fsp3) is 0.818. The van der Waals surface area contributed by atoms with Crippen LogP contribution in [0.1, 0.15) is 34.1 Å². The van der Waals surface area contributed by atoms with Gasteiger partial charge in [0, 0.05) is 6.54 Å². The summed E-state index contributed by atoms with van der Waals surface area (Å²) in [5.41, 5.74) is -0.0654. The highest BCUT2D eigenvalue weighted by atomic mass is 16.5. The van der Waals surface area contributed by atoms with Crippen LogP contribution in [0.2, 0.25) is 0 Å². The highest BCUT2D eigenvalue weighted by Gasteiger charge is 2.16. The number of carbonyl (C=O) groups excluding carboxylic acids is 2. The second kappa shape index (κ2) is 7.09. The van der Waals surface area contributed by atoms with Gasteiger partial charge in [-0.2, -0.15) is 0 Å². The van der Waals surface area contributed by atoms with E-state index in [1.807, 2.05) is 27.7 Å². The Hall–Kier alpha value is -1.26. The molecule has 0 saturated carbocycles. The predicted molar refractivity (Wildman–Crippen MR) is 62.1 cm³/mol. The molecule has 0 aliphatic carbocycles. The molecule has 94 valence electrons. The first-order chi connectivity index (χ1) is 7.35. The van der Waals surface area contributed by atoms with Crippen molar-refractivity contribution in [2.45, 2.75) is 34.1 Å². The van der Waals surface area contributed by atoms with Crippen LogP contribution in [-0.4, -0.2) is 31.7 Å². The number of ether oxygens (including phenoxy) is 1. The van der Waals surface area contributed by atoms with Crippen molar-refractivity contribution < 1.29 is 14.3 Å². The fourth-order valence-corrected chi connectivity index (χ4v) is 1.04. The third-order valence-electron chi connectivity index (χ3n) is 1.66. The van der Waals surface area contributed by atoms with Gasteiger partial charge in [-0.25, -0.2) is 4.79 Å². The molecule has 0 bridgehead atoms. The molecule has 16 heavy (non-hydrogen) atoms. The fourth-order valence-electron chi connectivity index (χ4n) is 1.04.